The van der Waals surface area contributed by atoms with Gasteiger partial charge in [0.05, 0.1) is 5.57 Å². The average molecular weight is 383 g/mol. The number of fused-ring (bicyclic) bond motifs is 1. The van der Waals surface area contributed by atoms with Gasteiger partial charge in [-0.25, -0.2) is 0 Å². The van der Waals surface area contributed by atoms with Gasteiger partial charge >= 0.3 is 0 Å². The zero-order valence-corrected chi connectivity index (χ0v) is 16.9. The molecule has 150 valence electrons. The number of methoxy groups -OCH3 is 1. The lowest BCUT2D eigenvalue weighted by molar-refractivity contribution is -0.264. The first-order valence-corrected chi connectivity index (χ1v) is 10.3. The van der Waals surface area contributed by atoms with Gasteiger partial charge in [-0.1, -0.05) is 12.1 Å². The van der Waals surface area contributed by atoms with E-state index in [4.69, 9.17) is 15.2 Å². The van der Waals surface area contributed by atoms with Crippen molar-refractivity contribution in [3.8, 4) is 6.07 Å². The fraction of sp³-hybridized carbons (Fsp3) is 0.591. The van der Waals surface area contributed by atoms with Crippen LogP contribution in [0.2, 0.25) is 0 Å². The van der Waals surface area contributed by atoms with E-state index >= 15 is 0 Å². The van der Waals surface area contributed by atoms with Crippen molar-refractivity contribution in [2.24, 2.45) is 11.7 Å². The highest BCUT2D eigenvalue weighted by atomic mass is 16.7. The number of anilines is 1. The number of benzene rings is 1. The van der Waals surface area contributed by atoms with Gasteiger partial charge in [-0.3, -0.25) is 0 Å². The molecular weight excluding hydrogens is 352 g/mol. The number of likely N-dealkylation sites (tertiary alicyclic amines) is 1. The van der Waals surface area contributed by atoms with Crippen LogP contribution in [0.3, 0.4) is 0 Å². The van der Waals surface area contributed by atoms with Crippen LogP contribution in [0.25, 0.3) is 0 Å². The molecule has 0 amide bonds. The zero-order valence-electron chi connectivity index (χ0n) is 16.9. The number of ether oxygens (including phenoxy) is 2. The normalized spacial score (nSPS) is 31.1. The number of allylic oxidation sites excluding steroid dienone is 1. The molecule has 3 atom stereocenters. The second-order valence-corrected chi connectivity index (χ2v) is 8.24. The number of nitrogens with two attached hydrogens (primary N) is 1. The molecule has 2 N–H and O–H groups in total. The highest BCUT2D eigenvalue weighted by molar-refractivity contribution is 5.51. The molecule has 0 spiro atoms. The summed E-state index contributed by atoms with van der Waals surface area (Å²) in [5.74, 6) is -0.682. The van der Waals surface area contributed by atoms with Crippen LogP contribution < -0.4 is 10.6 Å². The van der Waals surface area contributed by atoms with Crippen LogP contribution in [-0.4, -0.2) is 51.0 Å². The van der Waals surface area contributed by atoms with E-state index in [-0.39, 0.29) is 17.7 Å². The Balaban J connectivity index is 1.70. The summed E-state index contributed by atoms with van der Waals surface area (Å²) in [6, 6.07) is 11.0. The van der Waals surface area contributed by atoms with Gasteiger partial charge in [-0.05, 0) is 44.0 Å². The van der Waals surface area contributed by atoms with Crippen LogP contribution in [0, 0.1) is 17.2 Å². The predicted octanol–water partition coefficient (Wildman–Crippen LogP) is 2.78. The molecule has 0 unspecified atom stereocenters. The van der Waals surface area contributed by atoms with Crippen molar-refractivity contribution in [1.82, 2.24) is 4.90 Å². The maximum atomic E-state index is 9.83. The third-order valence-corrected chi connectivity index (χ3v) is 6.62. The third-order valence-electron chi connectivity index (χ3n) is 6.62. The first-order chi connectivity index (χ1) is 13.6. The van der Waals surface area contributed by atoms with Crippen LogP contribution in [0.4, 0.5) is 5.69 Å². The molecule has 3 heterocycles. The first kappa shape index (κ1) is 19.1. The summed E-state index contributed by atoms with van der Waals surface area (Å²) >= 11 is 0. The Morgan fingerprint density at radius 2 is 1.89 bits per heavy atom. The lowest BCUT2D eigenvalue weighted by atomic mass is 9.72. The van der Waals surface area contributed by atoms with E-state index in [1.54, 1.807) is 7.11 Å². The van der Waals surface area contributed by atoms with Crippen molar-refractivity contribution in [3.63, 3.8) is 0 Å². The maximum absolute atomic E-state index is 9.83. The molecule has 6 heteroatoms. The highest BCUT2D eigenvalue weighted by Crippen LogP contribution is 2.49. The van der Waals surface area contributed by atoms with Crippen LogP contribution in [0.1, 0.15) is 37.2 Å². The predicted molar refractivity (Wildman–Crippen MR) is 109 cm³/mol. The second kappa shape index (κ2) is 7.65. The lowest BCUT2D eigenvalue weighted by Crippen LogP contribution is -2.58. The molecule has 0 saturated carbocycles. The van der Waals surface area contributed by atoms with Crippen molar-refractivity contribution in [2.75, 3.05) is 45.2 Å². The molecule has 0 bridgehead atoms. The number of hydrogen-bond acceptors (Lipinski definition) is 6. The Morgan fingerprint density at radius 3 is 2.54 bits per heavy atom. The van der Waals surface area contributed by atoms with Gasteiger partial charge in [0, 0.05) is 57.2 Å². The van der Waals surface area contributed by atoms with E-state index < -0.39 is 5.79 Å². The smallest absolute Gasteiger partial charge is 0.218 e. The molecule has 6 nitrogen and oxygen atoms in total. The van der Waals surface area contributed by atoms with Crippen LogP contribution >= 0.6 is 0 Å². The molecule has 1 aromatic rings. The summed E-state index contributed by atoms with van der Waals surface area (Å²) in [6.45, 7) is 3.91. The fourth-order valence-electron chi connectivity index (χ4n) is 5.04. The van der Waals surface area contributed by atoms with E-state index in [1.807, 2.05) is 0 Å². The van der Waals surface area contributed by atoms with E-state index in [0.717, 1.165) is 38.2 Å². The number of nitriles is 1. The SMILES string of the molecule is CO[C@@]12CCN(C)C[C@H]1[C@H](c1ccc(N3CCCCC3)cc1)C(C#N)=C(N)O2. The molecule has 1 aromatic carbocycles. The quantitative estimate of drug-likeness (QED) is 0.866. The topological polar surface area (TPSA) is 74.8 Å². The Bertz CT molecular complexity index is 779. The van der Waals surface area contributed by atoms with E-state index in [2.05, 4.69) is 47.2 Å². The third kappa shape index (κ3) is 3.23. The molecule has 2 saturated heterocycles. The highest BCUT2D eigenvalue weighted by Gasteiger charge is 2.54. The van der Waals surface area contributed by atoms with Crippen molar-refractivity contribution < 1.29 is 9.47 Å². The van der Waals surface area contributed by atoms with Gasteiger partial charge in [-0.15, -0.1) is 0 Å². The summed E-state index contributed by atoms with van der Waals surface area (Å²) in [5.41, 5.74) is 9.07. The Labute approximate surface area is 167 Å². The van der Waals surface area contributed by atoms with Gasteiger partial charge in [0.2, 0.25) is 11.7 Å². The summed E-state index contributed by atoms with van der Waals surface area (Å²) < 4.78 is 11.9. The van der Waals surface area contributed by atoms with Crippen molar-refractivity contribution >= 4 is 5.69 Å². The minimum Gasteiger partial charge on any atom is -0.446 e. The Kier molecular flexibility index (Phi) is 5.22. The van der Waals surface area contributed by atoms with Crippen LogP contribution in [0.15, 0.2) is 35.7 Å². The summed E-state index contributed by atoms with van der Waals surface area (Å²) in [6.07, 6.45) is 4.56. The zero-order chi connectivity index (χ0) is 19.7. The first-order valence-electron chi connectivity index (χ1n) is 10.3. The number of piperidine rings is 2. The molecule has 3 aliphatic rings. The number of nitrogens with zero attached hydrogens (tertiary/aromatic N) is 3. The van der Waals surface area contributed by atoms with Gasteiger partial charge in [0.25, 0.3) is 0 Å². The Morgan fingerprint density at radius 1 is 1.18 bits per heavy atom. The number of rotatable bonds is 3. The summed E-state index contributed by atoms with van der Waals surface area (Å²) in [4.78, 5) is 4.72. The van der Waals surface area contributed by atoms with Crippen LogP contribution in [0.5, 0.6) is 0 Å². The molecule has 3 aliphatic heterocycles. The van der Waals surface area contributed by atoms with Gasteiger partial charge < -0.3 is 25.0 Å². The standard InChI is InChI=1S/C22H30N4O2/c1-25-13-10-22(27-2)19(15-25)20(18(14-23)21(24)28-22)16-6-8-17(9-7-16)26-11-4-3-5-12-26/h6-9,19-20H,3-5,10-13,15,24H2,1-2H3/t19-,20+,22+/m0/s1. The molecule has 0 aromatic heterocycles. The molecule has 4 rings (SSSR count). The van der Waals surface area contributed by atoms with Crippen LogP contribution in [-0.2, 0) is 9.47 Å². The van der Waals surface area contributed by atoms with Gasteiger partial charge in [0.1, 0.15) is 6.07 Å². The van der Waals surface area contributed by atoms with Crippen molar-refractivity contribution in [1.29, 1.82) is 5.26 Å². The minimum absolute atomic E-state index is 0.0130. The van der Waals surface area contributed by atoms with E-state index in [9.17, 15) is 5.26 Å². The maximum Gasteiger partial charge on any atom is 0.218 e. The molecule has 0 radical (unpaired) electrons. The average Bonchev–Trinajstić information content (AvgIpc) is 2.74. The number of hydrogen-bond donors (Lipinski definition) is 1. The summed E-state index contributed by atoms with van der Waals surface area (Å²) in [5, 5.41) is 9.83. The lowest BCUT2D eigenvalue weighted by Gasteiger charge is -2.51. The second-order valence-electron chi connectivity index (χ2n) is 8.24. The Hall–Kier alpha value is -2.23. The summed E-state index contributed by atoms with van der Waals surface area (Å²) in [7, 11) is 3.78. The largest absolute Gasteiger partial charge is 0.446 e. The minimum atomic E-state index is -0.771. The van der Waals surface area contributed by atoms with Gasteiger partial charge in [0.15, 0.2) is 0 Å². The van der Waals surface area contributed by atoms with Gasteiger partial charge in [-0.2, -0.15) is 5.26 Å². The van der Waals surface area contributed by atoms with E-state index in [0.29, 0.717) is 5.57 Å². The molecule has 0 aliphatic carbocycles. The molecule has 2 fully saturated rings. The van der Waals surface area contributed by atoms with Crippen molar-refractivity contribution in [3.05, 3.63) is 41.3 Å². The van der Waals surface area contributed by atoms with E-state index in [1.165, 1.54) is 24.9 Å². The van der Waals surface area contributed by atoms with Crippen molar-refractivity contribution in [2.45, 2.75) is 37.4 Å². The monoisotopic (exact) mass is 382 g/mol. The molecular formula is C22H30N4O2. The fourth-order valence-corrected chi connectivity index (χ4v) is 5.04. The molecule has 28 heavy (non-hydrogen) atoms.